The predicted molar refractivity (Wildman–Crippen MR) is 71.8 cm³/mol. The minimum absolute atomic E-state index is 0.0144. The van der Waals surface area contributed by atoms with E-state index in [4.69, 9.17) is 0 Å². The third kappa shape index (κ3) is 1.99. The van der Waals surface area contributed by atoms with Crippen molar-refractivity contribution in [1.29, 1.82) is 0 Å². The van der Waals surface area contributed by atoms with Crippen LogP contribution in [0.3, 0.4) is 0 Å². The minimum atomic E-state index is -0.373. The molecule has 0 bridgehead atoms. The van der Waals surface area contributed by atoms with Crippen LogP contribution in [0.25, 0.3) is 0 Å². The largest absolute Gasteiger partial charge is 0.343 e. The van der Waals surface area contributed by atoms with Crippen LogP contribution in [0.1, 0.15) is 5.56 Å². The van der Waals surface area contributed by atoms with E-state index in [-0.39, 0.29) is 17.9 Å². The van der Waals surface area contributed by atoms with Crippen LogP contribution in [0.2, 0.25) is 0 Å². The van der Waals surface area contributed by atoms with Crippen molar-refractivity contribution < 1.29 is 9.59 Å². The van der Waals surface area contributed by atoms with Crippen molar-refractivity contribution in [3.8, 4) is 0 Å². The van der Waals surface area contributed by atoms with E-state index in [0.717, 1.165) is 18.7 Å². The normalized spacial score (nSPS) is 22.6. The molecule has 3 rings (SSSR count). The van der Waals surface area contributed by atoms with E-state index in [2.05, 4.69) is 11.4 Å². The monoisotopic (exact) mass is 262 g/mol. The molecule has 1 aromatic rings. The summed E-state index contributed by atoms with van der Waals surface area (Å²) >= 11 is 1.52. The highest BCUT2D eigenvalue weighted by molar-refractivity contribution is 8.00. The first kappa shape index (κ1) is 11.6. The fraction of sp³-hybridized carbons (Fsp3) is 0.385. The highest BCUT2D eigenvalue weighted by Gasteiger charge is 2.32. The lowest BCUT2D eigenvalue weighted by atomic mass is 10.2. The molecular weight excluding hydrogens is 248 g/mol. The van der Waals surface area contributed by atoms with E-state index in [0.29, 0.717) is 11.5 Å². The van der Waals surface area contributed by atoms with Crippen molar-refractivity contribution in [2.75, 3.05) is 23.0 Å². The first-order valence-electron chi connectivity index (χ1n) is 6.02. The number of para-hydroxylation sites is 1. The number of hydrogen-bond acceptors (Lipinski definition) is 3. The van der Waals surface area contributed by atoms with Crippen molar-refractivity contribution in [2.24, 2.45) is 0 Å². The second-order valence-electron chi connectivity index (χ2n) is 4.50. The highest BCUT2D eigenvalue weighted by Crippen LogP contribution is 2.28. The summed E-state index contributed by atoms with van der Waals surface area (Å²) in [6.07, 6.45) is 0.899. The first-order chi connectivity index (χ1) is 8.75. The summed E-state index contributed by atoms with van der Waals surface area (Å²) < 4.78 is 0. The molecule has 2 aliphatic rings. The zero-order valence-corrected chi connectivity index (χ0v) is 10.7. The van der Waals surface area contributed by atoms with Crippen molar-refractivity contribution in [3.63, 3.8) is 0 Å². The molecule has 1 atom stereocenters. The van der Waals surface area contributed by atoms with Crippen LogP contribution in [0.15, 0.2) is 24.3 Å². The molecule has 2 aliphatic heterocycles. The molecule has 5 heteroatoms. The summed E-state index contributed by atoms with van der Waals surface area (Å²) in [4.78, 5) is 25.5. The molecule has 2 heterocycles. The van der Waals surface area contributed by atoms with Crippen LogP contribution in [0, 0.1) is 0 Å². The van der Waals surface area contributed by atoms with E-state index in [1.807, 2.05) is 18.2 Å². The average molecular weight is 262 g/mol. The number of benzene rings is 1. The Balaban J connectivity index is 1.80. The molecule has 1 N–H and O–H groups in total. The third-order valence-corrected chi connectivity index (χ3v) is 4.34. The SMILES string of the molecule is O=C1CSCC(C(=O)N2CCc3ccccc32)N1. The Bertz CT molecular complexity index is 504. The molecule has 94 valence electrons. The van der Waals surface area contributed by atoms with E-state index >= 15 is 0 Å². The topological polar surface area (TPSA) is 49.4 Å². The quantitative estimate of drug-likeness (QED) is 0.814. The number of nitrogens with one attached hydrogen (secondary N) is 1. The number of amides is 2. The van der Waals surface area contributed by atoms with Gasteiger partial charge in [0.1, 0.15) is 6.04 Å². The standard InChI is InChI=1S/C13H14N2O2S/c16-12-8-18-7-10(14-12)13(17)15-6-5-9-3-1-2-4-11(9)15/h1-4,10H,5-8H2,(H,14,16). The van der Waals surface area contributed by atoms with E-state index in [9.17, 15) is 9.59 Å². The predicted octanol–water partition coefficient (Wildman–Crippen LogP) is 0.807. The average Bonchev–Trinajstić information content (AvgIpc) is 2.82. The molecule has 0 aromatic heterocycles. The lowest BCUT2D eigenvalue weighted by Crippen LogP contribution is -2.52. The van der Waals surface area contributed by atoms with Gasteiger partial charge in [0.25, 0.3) is 0 Å². The molecule has 1 fully saturated rings. The Morgan fingerprint density at radius 1 is 1.39 bits per heavy atom. The minimum Gasteiger partial charge on any atom is -0.343 e. The van der Waals surface area contributed by atoms with Gasteiger partial charge in [0.05, 0.1) is 5.75 Å². The lowest BCUT2D eigenvalue weighted by molar-refractivity contribution is -0.126. The van der Waals surface area contributed by atoms with Crippen LogP contribution >= 0.6 is 11.8 Å². The molecule has 1 aromatic carbocycles. The van der Waals surface area contributed by atoms with Crippen LogP contribution in [-0.2, 0) is 16.0 Å². The summed E-state index contributed by atoms with van der Waals surface area (Å²) in [5, 5.41) is 2.77. The molecule has 1 saturated heterocycles. The number of nitrogens with zero attached hydrogens (tertiary/aromatic N) is 1. The van der Waals surface area contributed by atoms with E-state index in [1.165, 1.54) is 17.3 Å². The molecule has 1 unspecified atom stereocenters. The zero-order valence-electron chi connectivity index (χ0n) is 9.89. The van der Waals surface area contributed by atoms with Crippen molar-refractivity contribution >= 4 is 29.3 Å². The van der Waals surface area contributed by atoms with Gasteiger partial charge in [-0.3, -0.25) is 9.59 Å². The summed E-state index contributed by atoms with van der Waals surface area (Å²) in [5.74, 6) is 1.10. The van der Waals surface area contributed by atoms with Crippen molar-refractivity contribution in [3.05, 3.63) is 29.8 Å². The van der Waals surface area contributed by atoms with Crippen molar-refractivity contribution in [2.45, 2.75) is 12.5 Å². The number of carbonyl (C=O) groups excluding carboxylic acids is 2. The third-order valence-electron chi connectivity index (χ3n) is 3.30. The molecule has 0 saturated carbocycles. The fourth-order valence-corrected chi connectivity index (χ4v) is 3.28. The van der Waals surface area contributed by atoms with Crippen LogP contribution in [0.4, 0.5) is 5.69 Å². The molecule has 0 aliphatic carbocycles. The van der Waals surface area contributed by atoms with Gasteiger partial charge >= 0.3 is 0 Å². The Morgan fingerprint density at radius 3 is 3.06 bits per heavy atom. The first-order valence-corrected chi connectivity index (χ1v) is 7.17. The molecule has 0 radical (unpaired) electrons. The molecule has 4 nitrogen and oxygen atoms in total. The second kappa shape index (κ2) is 4.65. The summed E-state index contributed by atoms with van der Waals surface area (Å²) in [5.41, 5.74) is 2.20. The Kier molecular flexibility index (Phi) is 2.99. The van der Waals surface area contributed by atoms with Gasteiger partial charge in [-0.05, 0) is 18.1 Å². The lowest BCUT2D eigenvalue weighted by Gasteiger charge is -2.27. The Labute approximate surface area is 110 Å². The highest BCUT2D eigenvalue weighted by atomic mass is 32.2. The zero-order chi connectivity index (χ0) is 12.5. The van der Waals surface area contributed by atoms with Gasteiger partial charge in [0.2, 0.25) is 11.8 Å². The number of hydrogen-bond donors (Lipinski definition) is 1. The van der Waals surface area contributed by atoms with Gasteiger partial charge in [-0.15, -0.1) is 11.8 Å². The van der Waals surface area contributed by atoms with Crippen LogP contribution in [-0.4, -0.2) is 35.9 Å². The summed E-state index contributed by atoms with van der Waals surface area (Å²) in [6, 6.07) is 7.58. The second-order valence-corrected chi connectivity index (χ2v) is 5.53. The Morgan fingerprint density at radius 2 is 2.22 bits per heavy atom. The van der Waals surface area contributed by atoms with Gasteiger partial charge < -0.3 is 10.2 Å². The smallest absolute Gasteiger partial charge is 0.250 e. The maximum absolute atomic E-state index is 12.4. The number of rotatable bonds is 1. The molecule has 2 amide bonds. The van der Waals surface area contributed by atoms with Gasteiger partial charge in [-0.25, -0.2) is 0 Å². The van der Waals surface area contributed by atoms with E-state index < -0.39 is 0 Å². The summed E-state index contributed by atoms with van der Waals surface area (Å²) in [7, 11) is 0. The van der Waals surface area contributed by atoms with Gasteiger partial charge in [-0.2, -0.15) is 0 Å². The molecule has 18 heavy (non-hydrogen) atoms. The van der Waals surface area contributed by atoms with Gasteiger partial charge in [0, 0.05) is 18.0 Å². The van der Waals surface area contributed by atoms with Crippen molar-refractivity contribution in [1.82, 2.24) is 5.32 Å². The van der Waals surface area contributed by atoms with Gasteiger partial charge in [0.15, 0.2) is 0 Å². The molecular formula is C13H14N2O2S. The number of anilines is 1. The summed E-state index contributed by atoms with van der Waals surface area (Å²) in [6.45, 7) is 0.717. The number of fused-ring (bicyclic) bond motifs is 1. The maximum atomic E-state index is 12.4. The number of thioether (sulfide) groups is 1. The van der Waals surface area contributed by atoms with Crippen LogP contribution < -0.4 is 10.2 Å². The molecule has 0 spiro atoms. The number of carbonyl (C=O) groups is 2. The van der Waals surface area contributed by atoms with E-state index in [1.54, 1.807) is 4.90 Å². The van der Waals surface area contributed by atoms with Crippen LogP contribution in [0.5, 0.6) is 0 Å². The maximum Gasteiger partial charge on any atom is 0.250 e. The fourth-order valence-electron chi connectivity index (χ4n) is 2.44. The van der Waals surface area contributed by atoms with Gasteiger partial charge in [-0.1, -0.05) is 18.2 Å². The Hall–Kier alpha value is -1.49.